The molecule has 1 aliphatic rings. The van der Waals surface area contributed by atoms with E-state index in [2.05, 4.69) is 0 Å². The number of aliphatic hydroxyl groups excluding tert-OH is 1. The van der Waals surface area contributed by atoms with Gasteiger partial charge in [0, 0.05) is 22.6 Å². The van der Waals surface area contributed by atoms with Crippen molar-refractivity contribution in [1.82, 2.24) is 0 Å². The van der Waals surface area contributed by atoms with Gasteiger partial charge >= 0.3 is 0 Å². The number of rotatable bonds is 2. The summed E-state index contributed by atoms with van der Waals surface area (Å²) < 4.78 is 0. The number of aliphatic hydroxyl groups is 1. The molecule has 0 radical (unpaired) electrons. The van der Waals surface area contributed by atoms with Crippen molar-refractivity contribution in [3.8, 4) is 0 Å². The summed E-state index contributed by atoms with van der Waals surface area (Å²) in [5.41, 5.74) is 0.879. The Morgan fingerprint density at radius 1 is 1.35 bits per heavy atom. The fourth-order valence-corrected chi connectivity index (χ4v) is 2.40. The van der Waals surface area contributed by atoms with Crippen LogP contribution in [-0.4, -0.2) is 10.9 Å². The van der Waals surface area contributed by atoms with Crippen molar-refractivity contribution in [2.24, 2.45) is 5.41 Å². The van der Waals surface area contributed by atoms with Crippen molar-refractivity contribution in [2.45, 2.75) is 26.4 Å². The van der Waals surface area contributed by atoms with Gasteiger partial charge in [-0.1, -0.05) is 49.7 Å². The summed E-state index contributed by atoms with van der Waals surface area (Å²) in [5.74, 6) is 0.00224. The van der Waals surface area contributed by atoms with Gasteiger partial charge in [-0.05, 0) is 11.5 Å². The van der Waals surface area contributed by atoms with Crippen LogP contribution in [0.2, 0.25) is 5.02 Å². The number of halogens is 1. The van der Waals surface area contributed by atoms with Gasteiger partial charge in [0.2, 0.25) is 0 Å². The Balaban J connectivity index is 2.37. The molecule has 0 spiro atoms. The van der Waals surface area contributed by atoms with Crippen LogP contribution in [0.4, 0.5) is 0 Å². The summed E-state index contributed by atoms with van der Waals surface area (Å²) in [4.78, 5) is 11.8. The lowest BCUT2D eigenvalue weighted by atomic mass is 9.93. The van der Waals surface area contributed by atoms with E-state index in [9.17, 15) is 9.90 Å². The molecule has 1 aliphatic carbocycles. The third-order valence-corrected chi connectivity index (χ3v) is 3.32. The number of carbonyl (C=O) groups excluding carboxylic acids is 1. The third kappa shape index (κ3) is 2.43. The monoisotopic (exact) mass is 250 g/mol. The molecule has 1 atom stereocenters. The molecule has 1 unspecified atom stereocenters. The number of hydrogen-bond acceptors (Lipinski definition) is 2. The minimum atomic E-state index is -0.919. The van der Waals surface area contributed by atoms with E-state index in [1.54, 1.807) is 24.3 Å². The lowest BCUT2D eigenvalue weighted by molar-refractivity contribution is -0.116. The molecule has 3 heteroatoms. The maximum atomic E-state index is 11.8. The first-order valence-corrected chi connectivity index (χ1v) is 5.97. The number of hydrogen-bond donors (Lipinski definition) is 1. The molecule has 0 heterocycles. The van der Waals surface area contributed by atoms with E-state index in [-0.39, 0.29) is 11.2 Å². The minimum absolute atomic E-state index is 0.00224. The molecule has 0 bridgehead atoms. The lowest BCUT2D eigenvalue weighted by Gasteiger charge is -2.13. The largest absolute Gasteiger partial charge is 0.383 e. The summed E-state index contributed by atoms with van der Waals surface area (Å²) in [7, 11) is 0. The average molecular weight is 251 g/mol. The standard InChI is InChI=1S/C14H15ClO2/c1-14(2)7-10(12(16)8-14)13(17)9-5-3-4-6-11(9)15/h3-7,13,17H,8H2,1-2H3. The van der Waals surface area contributed by atoms with Crippen LogP contribution in [0.1, 0.15) is 31.9 Å². The van der Waals surface area contributed by atoms with E-state index in [0.29, 0.717) is 22.6 Å². The predicted molar refractivity (Wildman–Crippen MR) is 67.9 cm³/mol. The smallest absolute Gasteiger partial charge is 0.162 e. The van der Waals surface area contributed by atoms with Crippen LogP contribution in [0.3, 0.4) is 0 Å². The summed E-state index contributed by atoms with van der Waals surface area (Å²) in [6.07, 6.45) is 1.38. The zero-order chi connectivity index (χ0) is 12.6. The highest BCUT2D eigenvalue weighted by atomic mass is 35.5. The fourth-order valence-electron chi connectivity index (χ4n) is 2.16. The zero-order valence-corrected chi connectivity index (χ0v) is 10.7. The number of ketones is 1. The van der Waals surface area contributed by atoms with Crippen LogP contribution >= 0.6 is 11.6 Å². The van der Waals surface area contributed by atoms with Crippen LogP contribution in [0, 0.1) is 5.41 Å². The van der Waals surface area contributed by atoms with Crippen molar-refractivity contribution in [3.05, 3.63) is 46.5 Å². The minimum Gasteiger partial charge on any atom is -0.383 e. The summed E-state index contributed by atoms with van der Waals surface area (Å²) in [5, 5.41) is 10.7. The molecule has 2 nitrogen and oxygen atoms in total. The quantitative estimate of drug-likeness (QED) is 0.875. The maximum Gasteiger partial charge on any atom is 0.162 e. The molecule has 0 saturated carbocycles. The molecule has 90 valence electrons. The van der Waals surface area contributed by atoms with Crippen LogP contribution < -0.4 is 0 Å². The highest BCUT2D eigenvalue weighted by Gasteiger charge is 2.34. The van der Waals surface area contributed by atoms with Gasteiger partial charge in [-0.2, -0.15) is 0 Å². The summed E-state index contributed by atoms with van der Waals surface area (Å²) in [6.45, 7) is 3.97. The molecular formula is C14H15ClO2. The number of allylic oxidation sites excluding steroid dienone is 1. The van der Waals surface area contributed by atoms with Crippen LogP contribution in [-0.2, 0) is 4.79 Å². The van der Waals surface area contributed by atoms with Gasteiger partial charge in [0.1, 0.15) is 6.10 Å². The second-order valence-electron chi connectivity index (χ2n) is 5.11. The van der Waals surface area contributed by atoms with E-state index >= 15 is 0 Å². The first-order chi connectivity index (χ1) is 7.91. The molecular weight excluding hydrogens is 236 g/mol. The van der Waals surface area contributed by atoms with Gasteiger partial charge < -0.3 is 5.11 Å². The Morgan fingerprint density at radius 3 is 2.53 bits per heavy atom. The number of benzene rings is 1. The number of carbonyl (C=O) groups is 1. The molecule has 1 aromatic rings. The molecule has 2 rings (SSSR count). The number of Topliss-reactive ketones (excluding diaryl/α,β-unsaturated/α-hetero) is 1. The molecule has 1 N–H and O–H groups in total. The normalized spacial score (nSPS) is 20.2. The Bertz CT molecular complexity index is 489. The molecule has 17 heavy (non-hydrogen) atoms. The van der Waals surface area contributed by atoms with Gasteiger partial charge in [-0.25, -0.2) is 0 Å². The van der Waals surface area contributed by atoms with Gasteiger partial charge in [-0.3, -0.25) is 4.79 Å². The van der Waals surface area contributed by atoms with Crippen molar-refractivity contribution < 1.29 is 9.90 Å². The van der Waals surface area contributed by atoms with Gasteiger partial charge in [0.25, 0.3) is 0 Å². The second-order valence-corrected chi connectivity index (χ2v) is 5.52. The van der Waals surface area contributed by atoms with E-state index in [1.165, 1.54) is 0 Å². The van der Waals surface area contributed by atoms with E-state index in [0.717, 1.165) is 0 Å². The average Bonchev–Trinajstić information content (AvgIpc) is 2.52. The SMILES string of the molecule is CC1(C)C=C(C(O)c2ccccc2Cl)C(=O)C1. The summed E-state index contributed by atoms with van der Waals surface area (Å²) in [6, 6.07) is 7.06. The highest BCUT2D eigenvalue weighted by molar-refractivity contribution is 6.31. The molecule has 0 amide bonds. The Kier molecular flexibility index (Phi) is 3.11. The topological polar surface area (TPSA) is 37.3 Å². The van der Waals surface area contributed by atoms with E-state index < -0.39 is 6.10 Å². The van der Waals surface area contributed by atoms with Crippen molar-refractivity contribution in [1.29, 1.82) is 0 Å². The molecule has 0 aromatic heterocycles. The zero-order valence-electron chi connectivity index (χ0n) is 9.90. The van der Waals surface area contributed by atoms with Gasteiger partial charge in [0.15, 0.2) is 5.78 Å². The molecule has 0 fully saturated rings. The summed E-state index contributed by atoms with van der Waals surface area (Å²) >= 11 is 6.02. The lowest BCUT2D eigenvalue weighted by Crippen LogP contribution is -2.09. The van der Waals surface area contributed by atoms with Crippen LogP contribution in [0.25, 0.3) is 0 Å². The van der Waals surface area contributed by atoms with Crippen molar-refractivity contribution in [3.63, 3.8) is 0 Å². The van der Waals surface area contributed by atoms with Crippen LogP contribution in [0.15, 0.2) is 35.9 Å². The second kappa shape index (κ2) is 4.28. The molecule has 1 aromatic carbocycles. The third-order valence-electron chi connectivity index (χ3n) is 2.98. The molecule has 0 aliphatic heterocycles. The van der Waals surface area contributed by atoms with E-state index in [4.69, 9.17) is 11.6 Å². The first-order valence-electron chi connectivity index (χ1n) is 5.59. The molecule has 0 saturated heterocycles. The van der Waals surface area contributed by atoms with Crippen molar-refractivity contribution >= 4 is 17.4 Å². The fraction of sp³-hybridized carbons (Fsp3) is 0.357. The Labute approximate surface area is 106 Å². The first kappa shape index (κ1) is 12.3. The Morgan fingerprint density at radius 2 is 2.00 bits per heavy atom. The Hall–Kier alpha value is -1.12. The van der Waals surface area contributed by atoms with Crippen LogP contribution in [0.5, 0.6) is 0 Å². The maximum absolute atomic E-state index is 11.8. The van der Waals surface area contributed by atoms with Crippen molar-refractivity contribution in [2.75, 3.05) is 0 Å². The highest BCUT2D eigenvalue weighted by Crippen LogP contribution is 2.39. The predicted octanol–water partition coefficient (Wildman–Crippen LogP) is 3.30. The van der Waals surface area contributed by atoms with E-state index in [1.807, 2.05) is 19.9 Å². The van der Waals surface area contributed by atoms with Gasteiger partial charge in [-0.15, -0.1) is 0 Å². The van der Waals surface area contributed by atoms with Gasteiger partial charge in [0.05, 0.1) is 0 Å².